The standard InChI is InChI=1S/C42H55N5O6/c1-40(2,3)35(38(51)47-24-30-32(42(30)19-20-42)33(47)37(50)44-31(22-26-15-16-26)34(48)36(43)49)45-39(52)46-41(17-8-5-9-18-41)23-28-13-10-14-29(21-28)53-25-27-11-6-4-7-12-27/h4,6-7,10-14,21,26,30-33,35H,5,8-9,15-20,22-25H2,1-3H3,(H2,43,49)(H,44,50)(H2,45,46,52)/t30-,31?,32-,33-,35+/m0/s1. The average molecular weight is 726 g/mol. The molecule has 0 radical (unpaired) electrons. The molecule has 2 aromatic rings. The fraction of sp³-hybridized carbons (Fsp3) is 0.595. The van der Waals surface area contributed by atoms with E-state index in [0.717, 1.165) is 74.7 Å². The third-order valence-electron chi connectivity index (χ3n) is 12.6. The van der Waals surface area contributed by atoms with Crippen molar-refractivity contribution in [1.29, 1.82) is 0 Å². The normalized spacial score (nSPS) is 24.7. The van der Waals surface area contributed by atoms with E-state index in [1.54, 1.807) is 4.90 Å². The van der Waals surface area contributed by atoms with Crippen LogP contribution in [0, 0.1) is 28.6 Å². The van der Waals surface area contributed by atoms with Crippen LogP contribution in [0.5, 0.6) is 5.75 Å². The minimum Gasteiger partial charge on any atom is -0.489 e. The number of nitrogens with zero attached hydrogens (tertiary/aromatic N) is 1. The zero-order valence-corrected chi connectivity index (χ0v) is 31.3. The van der Waals surface area contributed by atoms with Gasteiger partial charge in [-0.2, -0.15) is 0 Å². The Bertz CT molecular complexity index is 1720. The number of ether oxygens (including phenoxy) is 1. The van der Waals surface area contributed by atoms with Crippen LogP contribution in [0.15, 0.2) is 54.6 Å². The van der Waals surface area contributed by atoms with E-state index < -0.39 is 52.7 Å². The molecule has 284 valence electrons. The van der Waals surface area contributed by atoms with Crippen molar-refractivity contribution in [3.8, 4) is 5.75 Å². The average Bonchev–Trinajstić information content (AvgIpc) is 4.09. The Morgan fingerprint density at radius 1 is 0.906 bits per heavy atom. The molecule has 1 saturated heterocycles. The number of urea groups is 1. The van der Waals surface area contributed by atoms with E-state index in [1.807, 2.05) is 69.3 Å². The zero-order valence-electron chi connectivity index (χ0n) is 31.3. The number of carbonyl (C=O) groups excluding carboxylic acids is 5. The maximum atomic E-state index is 14.6. The fourth-order valence-corrected chi connectivity index (χ4v) is 9.36. The monoisotopic (exact) mass is 725 g/mol. The predicted octanol–water partition coefficient (Wildman–Crippen LogP) is 4.80. The van der Waals surface area contributed by atoms with Gasteiger partial charge in [0.1, 0.15) is 24.4 Å². The van der Waals surface area contributed by atoms with Crippen molar-refractivity contribution in [1.82, 2.24) is 20.9 Å². The maximum Gasteiger partial charge on any atom is 0.315 e. The van der Waals surface area contributed by atoms with Crippen molar-refractivity contribution in [3.05, 3.63) is 65.7 Å². The number of rotatable bonds is 14. The highest BCUT2D eigenvalue weighted by atomic mass is 16.5. The molecule has 11 heteroatoms. The number of likely N-dealkylation sites (tertiary alicyclic amines) is 1. The molecule has 5 atom stereocenters. The Labute approximate surface area is 312 Å². The molecule has 2 aromatic carbocycles. The van der Waals surface area contributed by atoms with Crippen LogP contribution in [0.2, 0.25) is 0 Å². The summed E-state index contributed by atoms with van der Waals surface area (Å²) in [7, 11) is 0. The number of fused-ring (bicyclic) bond motifs is 3. The molecule has 4 saturated carbocycles. The molecule has 7 rings (SSSR count). The van der Waals surface area contributed by atoms with Gasteiger partial charge in [0, 0.05) is 12.1 Å². The number of nitrogens with one attached hydrogen (secondary N) is 3. The van der Waals surface area contributed by atoms with Crippen LogP contribution in [-0.4, -0.2) is 64.6 Å². The first-order chi connectivity index (χ1) is 25.3. The van der Waals surface area contributed by atoms with Gasteiger partial charge in [-0.3, -0.25) is 19.2 Å². The van der Waals surface area contributed by atoms with Gasteiger partial charge >= 0.3 is 6.03 Å². The Kier molecular flexibility index (Phi) is 10.1. The summed E-state index contributed by atoms with van der Waals surface area (Å²) in [5, 5.41) is 9.24. The molecule has 53 heavy (non-hydrogen) atoms. The summed E-state index contributed by atoms with van der Waals surface area (Å²) < 4.78 is 6.11. The summed E-state index contributed by atoms with van der Waals surface area (Å²) in [6.45, 7) is 6.64. The number of primary amides is 1. The molecule has 5 aliphatic rings. The summed E-state index contributed by atoms with van der Waals surface area (Å²) in [6, 6.07) is 15.0. The minimum atomic E-state index is -1.07. The summed E-state index contributed by atoms with van der Waals surface area (Å²) in [5.74, 6) is -1.34. The molecular formula is C42H55N5O6. The lowest BCUT2D eigenvalue weighted by atomic mass is 9.77. The van der Waals surface area contributed by atoms with Crippen molar-refractivity contribution >= 4 is 29.5 Å². The number of amides is 5. The van der Waals surface area contributed by atoms with Gasteiger partial charge in [0.05, 0.1) is 6.04 Å². The van der Waals surface area contributed by atoms with E-state index in [9.17, 15) is 24.0 Å². The van der Waals surface area contributed by atoms with Gasteiger partial charge in [0.25, 0.3) is 5.91 Å². The first-order valence-electron chi connectivity index (χ1n) is 19.6. The van der Waals surface area contributed by atoms with Gasteiger partial charge in [-0.15, -0.1) is 0 Å². The van der Waals surface area contributed by atoms with Gasteiger partial charge in [0.2, 0.25) is 17.6 Å². The van der Waals surface area contributed by atoms with Crippen LogP contribution in [0.4, 0.5) is 4.79 Å². The number of hydrogen-bond donors (Lipinski definition) is 4. The minimum absolute atomic E-state index is 0.00379. The van der Waals surface area contributed by atoms with Crippen LogP contribution in [0.1, 0.15) is 96.1 Å². The van der Waals surface area contributed by atoms with Gasteiger partial charge in [0.15, 0.2) is 0 Å². The number of carbonyl (C=O) groups is 5. The van der Waals surface area contributed by atoms with Crippen LogP contribution in [0.3, 0.4) is 0 Å². The van der Waals surface area contributed by atoms with Gasteiger partial charge in [-0.1, -0.05) is 95.3 Å². The van der Waals surface area contributed by atoms with Crippen LogP contribution < -0.4 is 26.4 Å². The maximum absolute atomic E-state index is 14.6. The van der Waals surface area contributed by atoms with Crippen LogP contribution in [-0.2, 0) is 32.2 Å². The quantitative estimate of drug-likeness (QED) is 0.205. The molecule has 1 aliphatic heterocycles. The molecule has 1 heterocycles. The van der Waals surface area contributed by atoms with Crippen LogP contribution in [0.25, 0.3) is 0 Å². The number of hydrogen-bond acceptors (Lipinski definition) is 6. The Morgan fingerprint density at radius 3 is 2.25 bits per heavy atom. The van der Waals surface area contributed by atoms with Crippen molar-refractivity contribution in [2.75, 3.05) is 6.54 Å². The third-order valence-corrected chi connectivity index (χ3v) is 12.6. The van der Waals surface area contributed by atoms with E-state index in [1.165, 1.54) is 0 Å². The van der Waals surface area contributed by atoms with E-state index >= 15 is 0 Å². The molecule has 5 N–H and O–H groups in total. The van der Waals surface area contributed by atoms with E-state index in [-0.39, 0.29) is 29.1 Å². The summed E-state index contributed by atoms with van der Waals surface area (Å²) in [5.41, 5.74) is 6.43. The second-order valence-corrected chi connectivity index (χ2v) is 17.6. The highest BCUT2D eigenvalue weighted by molar-refractivity contribution is 6.37. The molecule has 5 fully saturated rings. The highest BCUT2D eigenvalue weighted by Crippen LogP contribution is 2.78. The molecule has 0 aromatic heterocycles. The van der Waals surface area contributed by atoms with E-state index in [2.05, 4.69) is 22.0 Å². The predicted molar refractivity (Wildman–Crippen MR) is 199 cm³/mol. The van der Waals surface area contributed by atoms with Crippen LogP contribution >= 0.6 is 0 Å². The first kappa shape index (κ1) is 36.9. The molecule has 1 spiro atoms. The Balaban J connectivity index is 1.05. The first-order valence-corrected chi connectivity index (χ1v) is 19.6. The number of nitrogens with two attached hydrogens (primary N) is 1. The van der Waals surface area contributed by atoms with Crippen molar-refractivity contribution in [2.24, 2.45) is 34.3 Å². The number of piperidine rings is 1. The molecule has 1 unspecified atom stereocenters. The second kappa shape index (κ2) is 14.4. The zero-order chi connectivity index (χ0) is 37.5. The molecule has 11 nitrogen and oxygen atoms in total. The van der Waals surface area contributed by atoms with E-state index in [0.29, 0.717) is 26.0 Å². The number of ketones is 1. The van der Waals surface area contributed by atoms with Gasteiger partial charge in [-0.05, 0) is 90.4 Å². The molecular weight excluding hydrogens is 670 g/mol. The lowest BCUT2D eigenvalue weighted by Gasteiger charge is -2.41. The van der Waals surface area contributed by atoms with Gasteiger partial charge in [-0.25, -0.2) is 4.79 Å². The molecule has 0 bridgehead atoms. The molecule has 5 amide bonds. The topological polar surface area (TPSA) is 160 Å². The molecule has 4 aliphatic carbocycles. The van der Waals surface area contributed by atoms with Gasteiger partial charge < -0.3 is 31.3 Å². The second-order valence-electron chi connectivity index (χ2n) is 17.6. The smallest absolute Gasteiger partial charge is 0.315 e. The lowest BCUT2D eigenvalue weighted by molar-refractivity contribution is -0.144. The number of benzene rings is 2. The summed E-state index contributed by atoms with van der Waals surface area (Å²) in [6.07, 6.45) is 9.63. The lowest BCUT2D eigenvalue weighted by Crippen LogP contribution is -2.63. The number of Topliss-reactive ketones (excluding diaryl/α,β-unsaturated/α-hetero) is 1. The van der Waals surface area contributed by atoms with E-state index in [4.69, 9.17) is 10.5 Å². The van der Waals surface area contributed by atoms with Crippen molar-refractivity contribution in [2.45, 2.75) is 122 Å². The fourth-order valence-electron chi connectivity index (χ4n) is 9.36. The largest absolute Gasteiger partial charge is 0.489 e. The summed E-state index contributed by atoms with van der Waals surface area (Å²) in [4.78, 5) is 68.9. The SMILES string of the molecule is CC(C)(C)[C@H](NC(=O)NC1(Cc2cccc(OCc3ccccc3)c2)CCCCC1)C(=O)N1C[C@H]2[C@@H]([C@H]1C(=O)NC(CC1CC1)C(=O)C(N)=O)C21CC1. The Morgan fingerprint density at radius 2 is 1.60 bits per heavy atom. The van der Waals surface area contributed by atoms with Crippen molar-refractivity contribution < 1.29 is 28.7 Å². The Hall–Kier alpha value is -4.41. The third kappa shape index (κ3) is 8.09. The summed E-state index contributed by atoms with van der Waals surface area (Å²) >= 11 is 0. The highest BCUT2D eigenvalue weighted by Gasteiger charge is 2.79. The van der Waals surface area contributed by atoms with Crippen molar-refractivity contribution in [3.63, 3.8) is 0 Å².